The molecule has 0 saturated heterocycles. The predicted molar refractivity (Wildman–Crippen MR) is 46.9 cm³/mol. The molecule has 0 spiro atoms. The van der Waals surface area contributed by atoms with Crippen molar-refractivity contribution in [1.82, 2.24) is 20.0 Å². The van der Waals surface area contributed by atoms with Crippen molar-refractivity contribution in [3.63, 3.8) is 0 Å². The van der Waals surface area contributed by atoms with E-state index in [-0.39, 0.29) is 0 Å². The van der Waals surface area contributed by atoms with E-state index in [0.717, 1.165) is 4.47 Å². The van der Waals surface area contributed by atoms with E-state index < -0.39 is 0 Å². The number of hydrogen-bond donors (Lipinski definition) is 0. The standard InChI is InChI=1S/C7H5BrN4/c8-6-4-10-12(5-6)7-2-1-3-9-11-7/h1-5H. The summed E-state index contributed by atoms with van der Waals surface area (Å²) in [7, 11) is 0. The Labute approximate surface area is 77.4 Å². The first-order valence-corrected chi connectivity index (χ1v) is 4.14. The smallest absolute Gasteiger partial charge is 0.175 e. The summed E-state index contributed by atoms with van der Waals surface area (Å²) in [5.41, 5.74) is 0. The quantitative estimate of drug-likeness (QED) is 0.737. The van der Waals surface area contributed by atoms with E-state index >= 15 is 0 Å². The molecule has 0 aliphatic heterocycles. The number of hydrogen-bond acceptors (Lipinski definition) is 3. The van der Waals surface area contributed by atoms with E-state index in [1.165, 1.54) is 0 Å². The van der Waals surface area contributed by atoms with Crippen LogP contribution in [0.25, 0.3) is 5.82 Å². The average Bonchev–Trinajstić information content (AvgIpc) is 2.54. The van der Waals surface area contributed by atoms with E-state index in [2.05, 4.69) is 31.2 Å². The summed E-state index contributed by atoms with van der Waals surface area (Å²) in [4.78, 5) is 0. The molecule has 0 aliphatic rings. The minimum absolute atomic E-state index is 0.711. The van der Waals surface area contributed by atoms with Gasteiger partial charge in [0.1, 0.15) is 0 Å². The Kier molecular flexibility index (Phi) is 1.87. The first-order valence-electron chi connectivity index (χ1n) is 3.34. The molecule has 12 heavy (non-hydrogen) atoms. The summed E-state index contributed by atoms with van der Waals surface area (Å²) in [5, 5.41) is 11.7. The largest absolute Gasteiger partial charge is 0.220 e. The summed E-state index contributed by atoms with van der Waals surface area (Å²) < 4.78 is 2.57. The van der Waals surface area contributed by atoms with Crippen LogP contribution in [0, 0.1) is 0 Å². The second kappa shape index (κ2) is 3.02. The molecule has 0 N–H and O–H groups in total. The van der Waals surface area contributed by atoms with Gasteiger partial charge in [-0.2, -0.15) is 10.2 Å². The van der Waals surface area contributed by atoms with Crippen molar-refractivity contribution in [2.45, 2.75) is 0 Å². The molecular weight excluding hydrogens is 220 g/mol. The van der Waals surface area contributed by atoms with Gasteiger partial charge < -0.3 is 0 Å². The van der Waals surface area contributed by atoms with Gasteiger partial charge in [0.25, 0.3) is 0 Å². The molecule has 0 unspecified atom stereocenters. The summed E-state index contributed by atoms with van der Waals surface area (Å²) in [6.45, 7) is 0. The number of rotatable bonds is 1. The van der Waals surface area contributed by atoms with Crippen LogP contribution in [0.15, 0.2) is 35.2 Å². The van der Waals surface area contributed by atoms with Crippen LogP contribution in [0.2, 0.25) is 0 Å². The first-order chi connectivity index (χ1) is 5.86. The molecule has 0 bridgehead atoms. The maximum absolute atomic E-state index is 4.05. The van der Waals surface area contributed by atoms with Gasteiger partial charge in [0.15, 0.2) is 5.82 Å². The molecule has 5 heteroatoms. The van der Waals surface area contributed by atoms with Gasteiger partial charge >= 0.3 is 0 Å². The summed E-state index contributed by atoms with van der Waals surface area (Å²) in [6, 6.07) is 3.66. The highest BCUT2D eigenvalue weighted by Crippen LogP contribution is 2.09. The minimum Gasteiger partial charge on any atom is -0.220 e. The molecular formula is C7H5BrN4. The summed E-state index contributed by atoms with van der Waals surface area (Å²) in [5.74, 6) is 0.711. The van der Waals surface area contributed by atoms with Crippen LogP contribution in [-0.4, -0.2) is 20.0 Å². The Bertz CT molecular complexity index is 370. The van der Waals surface area contributed by atoms with Crippen molar-refractivity contribution < 1.29 is 0 Å². The lowest BCUT2D eigenvalue weighted by molar-refractivity contribution is 0.814. The van der Waals surface area contributed by atoms with E-state index in [4.69, 9.17) is 0 Å². The third kappa shape index (κ3) is 1.35. The molecule has 0 amide bonds. The van der Waals surface area contributed by atoms with Crippen molar-refractivity contribution >= 4 is 15.9 Å². The topological polar surface area (TPSA) is 43.6 Å². The fourth-order valence-corrected chi connectivity index (χ4v) is 1.13. The monoisotopic (exact) mass is 224 g/mol. The van der Waals surface area contributed by atoms with Gasteiger partial charge in [-0.15, -0.1) is 5.10 Å². The van der Waals surface area contributed by atoms with E-state index in [1.807, 2.05) is 18.3 Å². The SMILES string of the molecule is Brc1cnn(-c2cccnn2)c1. The number of aromatic nitrogens is 4. The zero-order valence-corrected chi connectivity index (χ0v) is 7.64. The normalized spacial score (nSPS) is 10.1. The molecule has 2 aromatic rings. The molecule has 0 fully saturated rings. The van der Waals surface area contributed by atoms with Crippen molar-refractivity contribution in [3.8, 4) is 5.82 Å². The van der Waals surface area contributed by atoms with E-state index in [0.29, 0.717) is 5.82 Å². The van der Waals surface area contributed by atoms with Crippen molar-refractivity contribution in [2.24, 2.45) is 0 Å². The lowest BCUT2D eigenvalue weighted by Gasteiger charge is -1.95. The Morgan fingerprint density at radius 1 is 1.42 bits per heavy atom. The van der Waals surface area contributed by atoms with Crippen LogP contribution in [-0.2, 0) is 0 Å². The molecule has 2 rings (SSSR count). The second-order valence-corrected chi connectivity index (χ2v) is 3.10. The molecule has 0 radical (unpaired) electrons. The Balaban J connectivity index is 2.45. The van der Waals surface area contributed by atoms with Gasteiger partial charge in [0.05, 0.1) is 10.7 Å². The highest BCUT2D eigenvalue weighted by Gasteiger charge is 1.97. The van der Waals surface area contributed by atoms with Gasteiger partial charge in [-0.3, -0.25) is 0 Å². The molecule has 0 aliphatic carbocycles. The van der Waals surface area contributed by atoms with E-state index in [9.17, 15) is 0 Å². The van der Waals surface area contributed by atoms with Crippen LogP contribution in [0.1, 0.15) is 0 Å². The van der Waals surface area contributed by atoms with Crippen molar-refractivity contribution in [3.05, 3.63) is 35.2 Å². The average molecular weight is 225 g/mol. The summed E-state index contributed by atoms with van der Waals surface area (Å²) >= 11 is 3.30. The lowest BCUT2D eigenvalue weighted by atomic mass is 10.5. The number of nitrogens with zero attached hydrogens (tertiary/aromatic N) is 4. The van der Waals surface area contributed by atoms with Gasteiger partial charge in [0.2, 0.25) is 0 Å². The van der Waals surface area contributed by atoms with Crippen LogP contribution in [0.5, 0.6) is 0 Å². The Hall–Kier alpha value is -1.23. The third-order valence-electron chi connectivity index (χ3n) is 1.34. The molecule has 0 aromatic carbocycles. The number of halogens is 1. The fourth-order valence-electron chi connectivity index (χ4n) is 0.842. The lowest BCUT2D eigenvalue weighted by Crippen LogP contribution is -1.97. The molecule has 4 nitrogen and oxygen atoms in total. The van der Waals surface area contributed by atoms with Crippen LogP contribution < -0.4 is 0 Å². The maximum Gasteiger partial charge on any atom is 0.175 e. The van der Waals surface area contributed by atoms with Gasteiger partial charge in [0, 0.05) is 12.4 Å². The van der Waals surface area contributed by atoms with Crippen molar-refractivity contribution in [2.75, 3.05) is 0 Å². The first kappa shape index (κ1) is 7.42. The molecule has 2 aromatic heterocycles. The van der Waals surface area contributed by atoms with Gasteiger partial charge in [-0.25, -0.2) is 4.68 Å². The van der Waals surface area contributed by atoms with Crippen molar-refractivity contribution in [1.29, 1.82) is 0 Å². The molecule has 60 valence electrons. The van der Waals surface area contributed by atoms with Crippen LogP contribution >= 0.6 is 15.9 Å². The van der Waals surface area contributed by atoms with Gasteiger partial charge in [-0.05, 0) is 28.1 Å². The van der Waals surface area contributed by atoms with Crippen LogP contribution in [0.3, 0.4) is 0 Å². The molecule has 2 heterocycles. The highest BCUT2D eigenvalue weighted by atomic mass is 79.9. The highest BCUT2D eigenvalue weighted by molar-refractivity contribution is 9.10. The third-order valence-corrected chi connectivity index (χ3v) is 1.75. The molecule has 0 atom stereocenters. The zero-order valence-electron chi connectivity index (χ0n) is 6.05. The summed E-state index contributed by atoms with van der Waals surface area (Å²) in [6.07, 6.45) is 5.15. The molecule has 0 saturated carbocycles. The van der Waals surface area contributed by atoms with Crippen LogP contribution in [0.4, 0.5) is 0 Å². The predicted octanol–water partition coefficient (Wildman–Crippen LogP) is 1.42. The fraction of sp³-hybridized carbons (Fsp3) is 0. The second-order valence-electron chi connectivity index (χ2n) is 2.18. The minimum atomic E-state index is 0.711. The van der Waals surface area contributed by atoms with Gasteiger partial charge in [-0.1, -0.05) is 0 Å². The Morgan fingerprint density at radius 3 is 2.92 bits per heavy atom. The maximum atomic E-state index is 4.05. The van der Waals surface area contributed by atoms with E-state index in [1.54, 1.807) is 17.1 Å². The Morgan fingerprint density at radius 2 is 2.33 bits per heavy atom. The zero-order chi connectivity index (χ0) is 8.39.